The molecule has 1 aromatic rings. The van der Waals surface area contributed by atoms with Crippen LogP contribution in [0.15, 0.2) is 6.20 Å². The summed E-state index contributed by atoms with van der Waals surface area (Å²) in [4.78, 5) is 11.4. The molecule has 1 heterocycles. The van der Waals surface area contributed by atoms with Crippen LogP contribution in [0.4, 0.5) is 0 Å². The predicted molar refractivity (Wildman–Crippen MR) is 72.9 cm³/mol. The maximum atomic E-state index is 11.4. The van der Waals surface area contributed by atoms with Crippen molar-refractivity contribution >= 4 is 5.91 Å². The topological polar surface area (TPSA) is 101 Å². The van der Waals surface area contributed by atoms with Crippen molar-refractivity contribution in [2.45, 2.75) is 25.9 Å². The van der Waals surface area contributed by atoms with E-state index in [1.165, 1.54) is 0 Å². The Morgan fingerprint density at radius 1 is 1.50 bits per heavy atom. The first-order chi connectivity index (χ1) is 9.76. The van der Waals surface area contributed by atoms with E-state index in [9.17, 15) is 4.79 Å². The van der Waals surface area contributed by atoms with Crippen LogP contribution in [0.25, 0.3) is 0 Å². The molecule has 8 nitrogen and oxygen atoms in total. The van der Waals surface area contributed by atoms with Crippen LogP contribution in [0.5, 0.6) is 0 Å². The Kier molecular flexibility index (Phi) is 8.52. The molecular weight excluding hydrogens is 262 g/mol. The van der Waals surface area contributed by atoms with Gasteiger partial charge in [-0.25, -0.2) is 0 Å². The number of hydrogen-bond acceptors (Lipinski definition) is 6. The van der Waals surface area contributed by atoms with Crippen molar-refractivity contribution in [3.63, 3.8) is 0 Å². The van der Waals surface area contributed by atoms with Crippen molar-refractivity contribution in [2.75, 3.05) is 33.4 Å². The number of carbonyl (C=O) groups is 1. The van der Waals surface area contributed by atoms with Crippen LogP contribution in [0.1, 0.15) is 18.5 Å². The number of carbonyl (C=O) groups excluding carboxylic acids is 1. The average Bonchev–Trinajstić information content (AvgIpc) is 2.89. The number of ether oxygens (including phenoxy) is 1. The van der Waals surface area contributed by atoms with E-state index in [1.54, 1.807) is 11.8 Å². The molecule has 1 amide bonds. The molecule has 8 heteroatoms. The van der Waals surface area contributed by atoms with Crippen molar-refractivity contribution in [3.05, 3.63) is 11.9 Å². The number of aliphatic hydroxyl groups excluding tert-OH is 1. The van der Waals surface area contributed by atoms with E-state index in [0.717, 1.165) is 5.69 Å². The second-order valence-corrected chi connectivity index (χ2v) is 4.32. The first kappa shape index (κ1) is 16.5. The number of methoxy groups -OCH3 is 1. The van der Waals surface area contributed by atoms with Crippen LogP contribution in [0.2, 0.25) is 0 Å². The molecule has 0 saturated carbocycles. The quantitative estimate of drug-likeness (QED) is 0.446. The van der Waals surface area contributed by atoms with E-state index < -0.39 is 0 Å². The van der Waals surface area contributed by atoms with Crippen LogP contribution in [-0.4, -0.2) is 59.4 Å². The molecular formula is C12H23N5O3. The van der Waals surface area contributed by atoms with E-state index in [1.807, 2.05) is 6.20 Å². The molecule has 0 aliphatic carbocycles. The summed E-state index contributed by atoms with van der Waals surface area (Å²) in [6.45, 7) is 3.02. The van der Waals surface area contributed by atoms with Gasteiger partial charge in [0.25, 0.3) is 0 Å². The lowest BCUT2D eigenvalue weighted by Gasteiger charge is -2.04. The molecule has 0 unspecified atom stereocenters. The maximum Gasteiger partial charge on any atom is 0.221 e. The zero-order valence-corrected chi connectivity index (χ0v) is 11.8. The second kappa shape index (κ2) is 10.3. The van der Waals surface area contributed by atoms with Gasteiger partial charge in [0.1, 0.15) is 0 Å². The summed E-state index contributed by atoms with van der Waals surface area (Å²) < 4.78 is 6.54. The number of aryl methyl sites for hydroxylation is 1. The molecule has 3 N–H and O–H groups in total. The molecule has 0 atom stereocenters. The number of amides is 1. The Morgan fingerprint density at radius 3 is 3.10 bits per heavy atom. The SMILES string of the molecule is COCCNC(=O)CCNCc1cn(CCCO)nn1. The van der Waals surface area contributed by atoms with Gasteiger partial charge < -0.3 is 20.5 Å². The molecule has 0 fully saturated rings. The molecule has 0 spiro atoms. The minimum Gasteiger partial charge on any atom is -0.396 e. The average molecular weight is 285 g/mol. The summed E-state index contributed by atoms with van der Waals surface area (Å²) in [6, 6.07) is 0. The van der Waals surface area contributed by atoms with Gasteiger partial charge in [0.2, 0.25) is 5.91 Å². The highest BCUT2D eigenvalue weighted by Crippen LogP contribution is 1.94. The highest BCUT2D eigenvalue weighted by atomic mass is 16.5. The predicted octanol–water partition coefficient (Wildman–Crippen LogP) is -1.10. The normalized spacial score (nSPS) is 10.7. The summed E-state index contributed by atoms with van der Waals surface area (Å²) >= 11 is 0. The van der Waals surface area contributed by atoms with Gasteiger partial charge in [0.15, 0.2) is 0 Å². The molecule has 1 aromatic heterocycles. The van der Waals surface area contributed by atoms with Crippen molar-refractivity contribution in [1.82, 2.24) is 25.6 Å². The van der Waals surface area contributed by atoms with Crippen LogP contribution < -0.4 is 10.6 Å². The number of aromatic nitrogens is 3. The number of hydrogen-bond donors (Lipinski definition) is 3. The molecule has 0 aromatic carbocycles. The maximum absolute atomic E-state index is 11.4. The fourth-order valence-corrected chi connectivity index (χ4v) is 1.56. The lowest BCUT2D eigenvalue weighted by atomic mass is 10.3. The minimum absolute atomic E-state index is 0.00106. The summed E-state index contributed by atoms with van der Waals surface area (Å²) in [7, 11) is 1.60. The Bertz CT molecular complexity index is 383. The van der Waals surface area contributed by atoms with Gasteiger partial charge in [-0.15, -0.1) is 5.10 Å². The molecule has 0 aliphatic heterocycles. The van der Waals surface area contributed by atoms with Gasteiger partial charge in [0, 0.05) is 52.5 Å². The lowest BCUT2D eigenvalue weighted by Crippen LogP contribution is -2.30. The van der Waals surface area contributed by atoms with Gasteiger partial charge in [0.05, 0.1) is 12.3 Å². The van der Waals surface area contributed by atoms with Crippen molar-refractivity contribution in [1.29, 1.82) is 0 Å². The first-order valence-corrected chi connectivity index (χ1v) is 6.72. The molecule has 0 radical (unpaired) electrons. The van der Waals surface area contributed by atoms with Crippen LogP contribution in [0.3, 0.4) is 0 Å². The fourth-order valence-electron chi connectivity index (χ4n) is 1.56. The lowest BCUT2D eigenvalue weighted by molar-refractivity contribution is -0.121. The zero-order chi connectivity index (χ0) is 14.6. The van der Waals surface area contributed by atoms with Gasteiger partial charge in [-0.3, -0.25) is 9.48 Å². The van der Waals surface area contributed by atoms with Crippen LogP contribution in [-0.2, 0) is 22.6 Å². The summed E-state index contributed by atoms with van der Waals surface area (Å²) in [6.07, 6.45) is 2.92. The van der Waals surface area contributed by atoms with Gasteiger partial charge in [-0.1, -0.05) is 5.21 Å². The third-order valence-corrected chi connectivity index (χ3v) is 2.59. The van der Waals surface area contributed by atoms with E-state index in [4.69, 9.17) is 9.84 Å². The Morgan fingerprint density at radius 2 is 2.35 bits per heavy atom. The third-order valence-electron chi connectivity index (χ3n) is 2.59. The monoisotopic (exact) mass is 285 g/mol. The summed E-state index contributed by atoms with van der Waals surface area (Å²) in [5, 5.41) is 22.5. The fraction of sp³-hybridized carbons (Fsp3) is 0.750. The number of nitrogens with one attached hydrogen (secondary N) is 2. The first-order valence-electron chi connectivity index (χ1n) is 6.72. The van der Waals surface area contributed by atoms with Crippen LogP contribution >= 0.6 is 0 Å². The third kappa shape index (κ3) is 7.17. The van der Waals surface area contributed by atoms with Crippen LogP contribution in [0, 0.1) is 0 Å². The smallest absolute Gasteiger partial charge is 0.221 e. The number of rotatable bonds is 11. The van der Waals surface area contributed by atoms with Crippen molar-refractivity contribution in [2.24, 2.45) is 0 Å². The van der Waals surface area contributed by atoms with Crippen molar-refractivity contribution in [3.8, 4) is 0 Å². The Hall–Kier alpha value is -1.51. The van der Waals surface area contributed by atoms with E-state index in [0.29, 0.717) is 45.6 Å². The molecule has 0 bridgehead atoms. The summed E-state index contributed by atoms with van der Waals surface area (Å²) in [5.74, 6) is 0.00106. The van der Waals surface area contributed by atoms with Gasteiger partial charge >= 0.3 is 0 Å². The zero-order valence-electron chi connectivity index (χ0n) is 11.8. The molecule has 1 rings (SSSR count). The molecule has 20 heavy (non-hydrogen) atoms. The highest BCUT2D eigenvalue weighted by molar-refractivity contribution is 5.75. The minimum atomic E-state index is 0.00106. The largest absolute Gasteiger partial charge is 0.396 e. The Labute approximate surface area is 118 Å². The Balaban J connectivity index is 2.08. The summed E-state index contributed by atoms with van der Waals surface area (Å²) in [5.41, 5.74) is 0.822. The molecule has 0 saturated heterocycles. The second-order valence-electron chi connectivity index (χ2n) is 4.32. The van der Waals surface area contributed by atoms with E-state index in [2.05, 4.69) is 20.9 Å². The van der Waals surface area contributed by atoms with Gasteiger partial charge in [-0.2, -0.15) is 0 Å². The molecule has 114 valence electrons. The van der Waals surface area contributed by atoms with E-state index >= 15 is 0 Å². The standard InChI is InChI=1S/C12H23N5O3/c1-20-8-5-14-12(19)3-4-13-9-11-10-17(16-15-11)6-2-7-18/h10,13,18H,2-9H2,1H3,(H,14,19). The highest BCUT2D eigenvalue weighted by Gasteiger charge is 2.02. The van der Waals surface area contributed by atoms with Crippen molar-refractivity contribution < 1.29 is 14.6 Å². The number of aliphatic hydroxyl groups is 1. The number of nitrogens with zero attached hydrogens (tertiary/aromatic N) is 3. The van der Waals surface area contributed by atoms with Gasteiger partial charge in [-0.05, 0) is 6.42 Å². The van der Waals surface area contributed by atoms with E-state index in [-0.39, 0.29) is 12.5 Å². The molecule has 0 aliphatic rings.